The lowest BCUT2D eigenvalue weighted by Crippen LogP contribution is -2.01. The molecule has 0 atom stereocenters. The fraction of sp³-hybridized carbons (Fsp3) is 0.143. The molecule has 2 aromatic rings. The molecular weight excluding hydrogens is 346 g/mol. The molecule has 0 saturated heterocycles. The summed E-state index contributed by atoms with van der Waals surface area (Å²) in [5.41, 5.74) is 1.78. The van der Waals surface area contributed by atoms with Crippen LogP contribution in [0.2, 0.25) is 0 Å². The molecule has 0 N–H and O–H groups in total. The smallest absolute Gasteiger partial charge is 0.363 e. The first-order valence-electron chi connectivity index (χ1n) is 8.21. The van der Waals surface area contributed by atoms with E-state index < -0.39 is 5.97 Å². The average molecular weight is 365 g/mol. The fourth-order valence-corrected chi connectivity index (χ4v) is 2.61. The molecule has 138 valence electrons. The Balaban J connectivity index is 1.92. The topological polar surface area (TPSA) is 66.4 Å². The highest BCUT2D eigenvalue weighted by molar-refractivity contribution is 6.11. The zero-order chi connectivity index (χ0) is 19.2. The molecule has 6 heteroatoms. The predicted octanol–water partition coefficient (Wildman–Crippen LogP) is 3.72. The van der Waals surface area contributed by atoms with Crippen LogP contribution in [0.25, 0.3) is 12.2 Å². The van der Waals surface area contributed by atoms with Crippen LogP contribution < -0.4 is 14.2 Å². The first-order valence-corrected chi connectivity index (χ1v) is 8.21. The van der Waals surface area contributed by atoms with E-state index >= 15 is 0 Å². The number of hydrogen-bond acceptors (Lipinski definition) is 6. The number of carbonyl (C=O) groups excluding carboxylic acids is 1. The quantitative estimate of drug-likeness (QED) is 0.577. The molecule has 2 aromatic carbocycles. The number of rotatable bonds is 6. The standard InChI is InChI=1S/C21H19NO5/c1-24-17-11-10-15(19(25-2)20(17)26-3)13-16-21(23)27-18(22-16)12-9-14-7-5-4-6-8-14/h4-13H,1-3H3/b12-9+,16-13-. The van der Waals surface area contributed by atoms with Gasteiger partial charge in [-0.2, -0.15) is 0 Å². The maximum Gasteiger partial charge on any atom is 0.363 e. The molecule has 0 bridgehead atoms. The van der Waals surface area contributed by atoms with Gasteiger partial charge in [-0.25, -0.2) is 9.79 Å². The number of esters is 1. The summed E-state index contributed by atoms with van der Waals surface area (Å²) in [5.74, 6) is 1.11. The van der Waals surface area contributed by atoms with Crippen molar-refractivity contribution in [1.29, 1.82) is 0 Å². The van der Waals surface area contributed by atoms with Gasteiger partial charge in [0.1, 0.15) is 0 Å². The first-order chi connectivity index (χ1) is 13.2. The van der Waals surface area contributed by atoms with Crippen LogP contribution in [0.15, 0.2) is 59.2 Å². The van der Waals surface area contributed by atoms with E-state index in [-0.39, 0.29) is 11.6 Å². The number of carbonyl (C=O) groups is 1. The molecule has 0 spiro atoms. The third-order valence-corrected chi connectivity index (χ3v) is 3.88. The second-order valence-electron chi connectivity index (χ2n) is 5.54. The minimum Gasteiger partial charge on any atom is -0.493 e. The lowest BCUT2D eigenvalue weighted by molar-refractivity contribution is -0.129. The zero-order valence-corrected chi connectivity index (χ0v) is 15.3. The Morgan fingerprint density at radius 2 is 1.63 bits per heavy atom. The van der Waals surface area contributed by atoms with Crippen molar-refractivity contribution in [2.45, 2.75) is 0 Å². The number of ether oxygens (including phenoxy) is 4. The van der Waals surface area contributed by atoms with E-state index in [9.17, 15) is 4.79 Å². The van der Waals surface area contributed by atoms with Crippen LogP contribution in [-0.4, -0.2) is 33.2 Å². The Labute approximate surface area is 157 Å². The molecule has 0 amide bonds. The van der Waals surface area contributed by atoms with Gasteiger partial charge in [-0.1, -0.05) is 30.3 Å². The van der Waals surface area contributed by atoms with E-state index in [1.165, 1.54) is 14.2 Å². The van der Waals surface area contributed by atoms with Crippen molar-refractivity contribution in [2.75, 3.05) is 21.3 Å². The fourth-order valence-electron chi connectivity index (χ4n) is 2.61. The number of methoxy groups -OCH3 is 3. The summed E-state index contributed by atoms with van der Waals surface area (Å²) in [5, 5.41) is 0. The minimum absolute atomic E-state index is 0.174. The van der Waals surface area contributed by atoms with Gasteiger partial charge in [-0.3, -0.25) is 0 Å². The monoisotopic (exact) mass is 365 g/mol. The maximum atomic E-state index is 12.1. The number of cyclic esters (lactones) is 1. The van der Waals surface area contributed by atoms with Crippen LogP contribution in [0.5, 0.6) is 17.2 Å². The van der Waals surface area contributed by atoms with Crippen molar-refractivity contribution in [1.82, 2.24) is 0 Å². The Kier molecular flexibility index (Phi) is 5.56. The van der Waals surface area contributed by atoms with Crippen molar-refractivity contribution in [3.63, 3.8) is 0 Å². The summed E-state index contributed by atoms with van der Waals surface area (Å²) < 4.78 is 21.2. The summed E-state index contributed by atoms with van der Waals surface area (Å²) in [7, 11) is 4.58. The van der Waals surface area contributed by atoms with Crippen LogP contribution >= 0.6 is 0 Å². The van der Waals surface area contributed by atoms with Crippen molar-refractivity contribution in [3.8, 4) is 17.2 Å². The normalized spacial score (nSPS) is 15.0. The van der Waals surface area contributed by atoms with E-state index in [2.05, 4.69) is 4.99 Å². The van der Waals surface area contributed by atoms with Gasteiger partial charge in [0.2, 0.25) is 11.6 Å². The maximum absolute atomic E-state index is 12.1. The Hall–Kier alpha value is -3.54. The highest BCUT2D eigenvalue weighted by Gasteiger charge is 2.23. The van der Waals surface area contributed by atoms with E-state index in [0.29, 0.717) is 22.8 Å². The molecule has 0 radical (unpaired) electrons. The van der Waals surface area contributed by atoms with Gasteiger partial charge in [-0.15, -0.1) is 0 Å². The molecule has 1 heterocycles. The Morgan fingerprint density at radius 1 is 0.889 bits per heavy atom. The highest BCUT2D eigenvalue weighted by Crippen LogP contribution is 2.40. The van der Waals surface area contributed by atoms with Gasteiger partial charge in [0, 0.05) is 11.6 Å². The first kappa shape index (κ1) is 18.3. The van der Waals surface area contributed by atoms with Crippen LogP contribution in [0.3, 0.4) is 0 Å². The van der Waals surface area contributed by atoms with Crippen molar-refractivity contribution in [3.05, 3.63) is 65.4 Å². The van der Waals surface area contributed by atoms with E-state index in [4.69, 9.17) is 18.9 Å². The predicted molar refractivity (Wildman–Crippen MR) is 103 cm³/mol. The van der Waals surface area contributed by atoms with Crippen molar-refractivity contribution in [2.24, 2.45) is 4.99 Å². The number of hydrogen-bond donors (Lipinski definition) is 0. The number of aliphatic imine (C=N–C) groups is 1. The number of nitrogens with zero attached hydrogens (tertiary/aromatic N) is 1. The SMILES string of the molecule is COc1ccc(/C=C2N=C(/C=C/c3ccccc3)OC\2=O)c(OC)c1OC. The van der Waals surface area contributed by atoms with Crippen LogP contribution in [0.1, 0.15) is 11.1 Å². The van der Waals surface area contributed by atoms with Gasteiger partial charge >= 0.3 is 5.97 Å². The summed E-state index contributed by atoms with van der Waals surface area (Å²) in [6.45, 7) is 0. The molecule has 1 aliphatic rings. The molecule has 0 fully saturated rings. The largest absolute Gasteiger partial charge is 0.493 e. The van der Waals surface area contributed by atoms with Crippen LogP contribution in [-0.2, 0) is 9.53 Å². The van der Waals surface area contributed by atoms with E-state index in [1.54, 1.807) is 31.4 Å². The van der Waals surface area contributed by atoms with Gasteiger partial charge in [0.25, 0.3) is 0 Å². The summed E-state index contributed by atoms with van der Waals surface area (Å²) in [4.78, 5) is 16.4. The van der Waals surface area contributed by atoms with Crippen LogP contribution in [0, 0.1) is 0 Å². The average Bonchev–Trinajstić information content (AvgIpc) is 3.06. The van der Waals surface area contributed by atoms with Crippen LogP contribution in [0.4, 0.5) is 0 Å². The second kappa shape index (κ2) is 8.23. The van der Waals surface area contributed by atoms with E-state index in [1.807, 2.05) is 36.4 Å². The van der Waals surface area contributed by atoms with Gasteiger partial charge in [0.05, 0.1) is 21.3 Å². The molecule has 0 unspecified atom stereocenters. The lowest BCUT2D eigenvalue weighted by Gasteiger charge is -2.14. The molecular formula is C21H19NO5. The van der Waals surface area contributed by atoms with Gasteiger partial charge in [-0.05, 0) is 29.8 Å². The molecule has 1 aliphatic heterocycles. The second-order valence-corrected chi connectivity index (χ2v) is 5.54. The zero-order valence-electron chi connectivity index (χ0n) is 15.3. The summed E-state index contributed by atoms with van der Waals surface area (Å²) in [6.07, 6.45) is 5.07. The van der Waals surface area contributed by atoms with E-state index in [0.717, 1.165) is 5.56 Å². The van der Waals surface area contributed by atoms with Gasteiger partial charge < -0.3 is 18.9 Å². The minimum atomic E-state index is -0.528. The highest BCUT2D eigenvalue weighted by atomic mass is 16.6. The Morgan fingerprint density at radius 3 is 2.30 bits per heavy atom. The molecule has 0 aliphatic carbocycles. The van der Waals surface area contributed by atoms with Crippen molar-refractivity contribution >= 4 is 24.0 Å². The van der Waals surface area contributed by atoms with Gasteiger partial charge in [0.15, 0.2) is 17.2 Å². The summed E-state index contributed by atoms with van der Waals surface area (Å²) >= 11 is 0. The molecule has 3 rings (SSSR count). The molecule has 27 heavy (non-hydrogen) atoms. The number of benzene rings is 2. The molecule has 0 saturated carbocycles. The third kappa shape index (κ3) is 4.00. The van der Waals surface area contributed by atoms with Crippen molar-refractivity contribution < 1.29 is 23.7 Å². The summed E-state index contributed by atoms with van der Waals surface area (Å²) in [6, 6.07) is 13.2. The molecule has 0 aromatic heterocycles. The third-order valence-electron chi connectivity index (χ3n) is 3.88. The molecule has 6 nitrogen and oxygen atoms in total. The lowest BCUT2D eigenvalue weighted by atomic mass is 10.1. The Bertz CT molecular complexity index is 929.